The third-order valence-electron chi connectivity index (χ3n) is 3.55. The van der Waals surface area contributed by atoms with E-state index in [2.05, 4.69) is 10.3 Å². The van der Waals surface area contributed by atoms with E-state index in [1.807, 2.05) is 19.9 Å². The highest BCUT2D eigenvalue weighted by Crippen LogP contribution is 2.27. The Morgan fingerprint density at radius 1 is 1.27 bits per heavy atom. The maximum Gasteiger partial charge on any atom is 0.189 e. The van der Waals surface area contributed by atoms with Gasteiger partial charge in [0, 0.05) is 10.0 Å². The molecule has 5 nitrogen and oxygen atoms in total. The second-order valence-electron chi connectivity index (χ2n) is 5.47. The molecule has 1 unspecified atom stereocenters. The van der Waals surface area contributed by atoms with Gasteiger partial charge in [-0.1, -0.05) is 35.3 Å². The summed E-state index contributed by atoms with van der Waals surface area (Å²) in [5.41, 5.74) is 7.72. The molecule has 0 bridgehead atoms. The van der Waals surface area contributed by atoms with Crippen molar-refractivity contribution in [1.29, 1.82) is 0 Å². The number of nitrogens with one attached hydrogen (secondary N) is 1. The molecule has 2 aromatic rings. The summed E-state index contributed by atoms with van der Waals surface area (Å²) in [5, 5.41) is 14.0. The maximum atomic E-state index is 9.71. The van der Waals surface area contributed by atoms with Gasteiger partial charge in [0.2, 0.25) is 0 Å². The number of aromatic hydroxyl groups is 1. The Morgan fingerprint density at radius 2 is 2.00 bits per heavy atom. The van der Waals surface area contributed by atoms with Crippen molar-refractivity contribution in [1.82, 2.24) is 5.32 Å². The smallest absolute Gasteiger partial charge is 0.189 e. The predicted octanol–water partition coefficient (Wildman–Crippen LogP) is 4.88. The molecule has 0 aliphatic heterocycles. The monoisotopic (exact) mass is 509 g/mol. The molecule has 0 spiro atoms. The zero-order chi connectivity index (χ0) is 18.4. The van der Waals surface area contributed by atoms with Crippen LogP contribution in [0, 0.1) is 0 Å². The minimum atomic E-state index is -0.118. The van der Waals surface area contributed by atoms with E-state index in [9.17, 15) is 5.11 Å². The number of phenolic OH excluding ortho intramolecular Hbond substituents is 1. The first-order valence-electron chi connectivity index (χ1n) is 7.86. The van der Waals surface area contributed by atoms with Crippen LogP contribution in [0.3, 0.4) is 0 Å². The Kier molecular flexibility index (Phi) is 9.32. The number of aliphatic imine (C=N–C) groups is 1. The highest BCUT2D eigenvalue weighted by molar-refractivity contribution is 14.0. The van der Waals surface area contributed by atoms with Crippen LogP contribution in [0.5, 0.6) is 11.5 Å². The van der Waals surface area contributed by atoms with Gasteiger partial charge < -0.3 is 20.9 Å². The predicted molar refractivity (Wildman–Crippen MR) is 118 cm³/mol. The van der Waals surface area contributed by atoms with Crippen LogP contribution in [0.4, 0.5) is 0 Å². The molecule has 2 rings (SSSR count). The van der Waals surface area contributed by atoms with Crippen LogP contribution in [0.2, 0.25) is 10.0 Å². The summed E-state index contributed by atoms with van der Waals surface area (Å²) in [6.45, 7) is 4.63. The van der Waals surface area contributed by atoms with Crippen LogP contribution in [0.25, 0.3) is 0 Å². The molecule has 0 fully saturated rings. The normalized spacial score (nSPS) is 12.2. The zero-order valence-electron chi connectivity index (χ0n) is 14.5. The topological polar surface area (TPSA) is 79.9 Å². The number of nitrogens with two attached hydrogens (primary N) is 1. The fourth-order valence-electron chi connectivity index (χ4n) is 2.30. The van der Waals surface area contributed by atoms with Gasteiger partial charge >= 0.3 is 0 Å². The Labute approximate surface area is 180 Å². The molecular formula is C18H22Cl2IN3O2. The highest BCUT2D eigenvalue weighted by atomic mass is 127. The van der Waals surface area contributed by atoms with Gasteiger partial charge in [0.05, 0.1) is 19.2 Å². The van der Waals surface area contributed by atoms with Crippen molar-refractivity contribution in [3.63, 3.8) is 0 Å². The van der Waals surface area contributed by atoms with Crippen LogP contribution in [0.15, 0.2) is 41.4 Å². The van der Waals surface area contributed by atoms with Crippen LogP contribution in [0.1, 0.15) is 31.0 Å². The number of nitrogens with zero attached hydrogens (tertiary/aromatic N) is 1. The molecule has 8 heteroatoms. The summed E-state index contributed by atoms with van der Waals surface area (Å²) >= 11 is 12.1. The lowest BCUT2D eigenvalue weighted by Crippen LogP contribution is -2.34. The number of ether oxygens (including phenoxy) is 1. The van der Waals surface area contributed by atoms with Gasteiger partial charge in [0.15, 0.2) is 17.5 Å². The summed E-state index contributed by atoms with van der Waals surface area (Å²) in [5.74, 6) is 0.833. The standard InChI is InChI=1S/C18H21Cl2N3O2.HI/c1-3-25-17-8-12(4-7-16(17)24)10-22-18(21)23-11(2)14-6-5-13(19)9-15(14)20;/h4-9,11,24H,3,10H2,1-2H3,(H3,21,22,23);1H. The third-order valence-corrected chi connectivity index (χ3v) is 4.11. The second-order valence-corrected chi connectivity index (χ2v) is 6.31. The summed E-state index contributed by atoms with van der Waals surface area (Å²) in [7, 11) is 0. The fourth-order valence-corrected chi connectivity index (χ4v) is 2.87. The van der Waals surface area contributed by atoms with E-state index in [1.54, 1.807) is 30.3 Å². The van der Waals surface area contributed by atoms with Crippen molar-refractivity contribution >= 4 is 53.1 Å². The van der Waals surface area contributed by atoms with Gasteiger partial charge in [-0.25, -0.2) is 4.99 Å². The molecule has 0 amide bonds. The molecular weight excluding hydrogens is 488 g/mol. The van der Waals surface area contributed by atoms with Gasteiger partial charge in [0.1, 0.15) is 0 Å². The Hall–Kier alpha value is -1.38. The fraction of sp³-hybridized carbons (Fsp3) is 0.278. The Balaban J connectivity index is 0.00000338. The molecule has 4 N–H and O–H groups in total. The van der Waals surface area contributed by atoms with E-state index >= 15 is 0 Å². The molecule has 0 saturated carbocycles. The lowest BCUT2D eigenvalue weighted by molar-refractivity contribution is 0.318. The van der Waals surface area contributed by atoms with Gasteiger partial charge in [-0.3, -0.25) is 0 Å². The molecule has 0 aliphatic rings. The third kappa shape index (κ3) is 6.41. The molecule has 0 heterocycles. The quantitative estimate of drug-likeness (QED) is 0.294. The first-order chi connectivity index (χ1) is 11.9. The first kappa shape index (κ1) is 22.7. The summed E-state index contributed by atoms with van der Waals surface area (Å²) < 4.78 is 5.36. The summed E-state index contributed by atoms with van der Waals surface area (Å²) in [4.78, 5) is 4.31. The van der Waals surface area contributed by atoms with E-state index in [4.69, 9.17) is 33.7 Å². The van der Waals surface area contributed by atoms with E-state index in [0.29, 0.717) is 34.9 Å². The lowest BCUT2D eigenvalue weighted by atomic mass is 10.1. The Morgan fingerprint density at radius 3 is 2.65 bits per heavy atom. The lowest BCUT2D eigenvalue weighted by Gasteiger charge is -2.16. The minimum Gasteiger partial charge on any atom is -0.504 e. The molecule has 0 saturated heterocycles. The van der Waals surface area contributed by atoms with Crippen LogP contribution >= 0.6 is 47.2 Å². The first-order valence-corrected chi connectivity index (χ1v) is 8.62. The largest absolute Gasteiger partial charge is 0.504 e. The molecule has 0 radical (unpaired) electrons. The van der Waals surface area contributed by atoms with Crippen LogP contribution < -0.4 is 15.8 Å². The van der Waals surface area contributed by atoms with E-state index in [0.717, 1.165) is 11.1 Å². The number of benzene rings is 2. The molecule has 1 atom stereocenters. The molecule has 142 valence electrons. The number of hydrogen-bond acceptors (Lipinski definition) is 3. The summed E-state index contributed by atoms with van der Waals surface area (Å²) in [6.07, 6.45) is 0. The van der Waals surface area contributed by atoms with Crippen molar-refractivity contribution in [2.45, 2.75) is 26.4 Å². The van der Waals surface area contributed by atoms with Crippen molar-refractivity contribution in [3.8, 4) is 11.5 Å². The number of guanidine groups is 1. The van der Waals surface area contributed by atoms with E-state index in [-0.39, 0.29) is 35.8 Å². The minimum absolute atomic E-state index is 0. The maximum absolute atomic E-state index is 9.71. The zero-order valence-corrected chi connectivity index (χ0v) is 18.3. The average molecular weight is 510 g/mol. The molecule has 0 aliphatic carbocycles. The van der Waals surface area contributed by atoms with Crippen molar-refractivity contribution in [3.05, 3.63) is 57.6 Å². The van der Waals surface area contributed by atoms with Gasteiger partial charge in [-0.2, -0.15) is 0 Å². The van der Waals surface area contributed by atoms with Crippen LogP contribution in [-0.2, 0) is 6.54 Å². The number of hydrogen-bond donors (Lipinski definition) is 3. The van der Waals surface area contributed by atoms with E-state index in [1.165, 1.54) is 0 Å². The molecule has 2 aromatic carbocycles. The highest BCUT2D eigenvalue weighted by Gasteiger charge is 2.11. The Bertz CT molecular complexity index is 772. The van der Waals surface area contributed by atoms with Crippen molar-refractivity contribution < 1.29 is 9.84 Å². The second kappa shape index (κ2) is 10.7. The average Bonchev–Trinajstić information content (AvgIpc) is 2.55. The number of halogens is 3. The van der Waals surface area contributed by atoms with Gasteiger partial charge in [-0.15, -0.1) is 24.0 Å². The van der Waals surface area contributed by atoms with Gasteiger partial charge in [-0.05, 0) is 49.2 Å². The number of rotatable bonds is 6. The SMILES string of the molecule is CCOc1cc(CN=C(N)NC(C)c2ccc(Cl)cc2Cl)ccc1O.I. The van der Waals surface area contributed by atoms with Crippen molar-refractivity contribution in [2.24, 2.45) is 10.7 Å². The molecule has 26 heavy (non-hydrogen) atoms. The summed E-state index contributed by atoms with van der Waals surface area (Å²) in [6, 6.07) is 10.3. The number of phenols is 1. The molecule has 0 aromatic heterocycles. The van der Waals surface area contributed by atoms with Crippen molar-refractivity contribution in [2.75, 3.05) is 6.61 Å². The van der Waals surface area contributed by atoms with Gasteiger partial charge in [0.25, 0.3) is 0 Å². The van der Waals surface area contributed by atoms with Crippen LogP contribution in [-0.4, -0.2) is 17.7 Å². The van der Waals surface area contributed by atoms with E-state index < -0.39 is 0 Å².